The molecule has 1 aliphatic carbocycles. The normalized spacial score (nSPS) is 15.0. The Hall–Kier alpha value is -6.82. The van der Waals surface area contributed by atoms with Crippen LogP contribution in [0.4, 0.5) is 0 Å². The van der Waals surface area contributed by atoms with Gasteiger partial charge in [0, 0.05) is 42.9 Å². The van der Waals surface area contributed by atoms with E-state index in [-0.39, 0.29) is 10.8 Å². The summed E-state index contributed by atoms with van der Waals surface area (Å²) >= 11 is 1.78. The monoisotopic (exact) mass is 802 g/mol. The predicted molar refractivity (Wildman–Crippen MR) is 259 cm³/mol. The van der Waals surface area contributed by atoms with Crippen molar-refractivity contribution in [1.82, 2.24) is 19.1 Å². The van der Waals surface area contributed by atoms with Gasteiger partial charge in [-0.2, -0.15) is 0 Å². The summed E-state index contributed by atoms with van der Waals surface area (Å²) in [6, 6.07) is 58.1. The number of nitrogens with zero attached hydrogens (tertiary/aromatic N) is 4. The molecule has 12 aromatic rings. The first-order valence-electron chi connectivity index (χ1n) is 21.5. The molecule has 1 aliphatic rings. The molecule has 292 valence electrons. The molecule has 0 bridgehead atoms. The van der Waals surface area contributed by atoms with E-state index in [4.69, 9.17) is 9.97 Å². The van der Waals surface area contributed by atoms with Crippen LogP contribution in [0.5, 0.6) is 0 Å². The number of hydrogen-bond donors (Lipinski definition) is 0. The molecule has 4 aromatic heterocycles. The molecule has 61 heavy (non-hydrogen) atoms. The number of rotatable bonds is 3. The third-order valence-electron chi connectivity index (χ3n) is 14.0. The molecular formula is C56H42N4S. The maximum Gasteiger partial charge on any atom is 0.235 e. The lowest BCUT2D eigenvalue weighted by Crippen LogP contribution is -2.33. The number of hydrogen-bond acceptors (Lipinski definition) is 3. The van der Waals surface area contributed by atoms with Crippen molar-refractivity contribution in [1.29, 1.82) is 0 Å². The first-order valence-corrected chi connectivity index (χ1v) is 22.3. The lowest BCUT2D eigenvalue weighted by molar-refractivity contribution is 0.332. The van der Waals surface area contributed by atoms with Gasteiger partial charge in [-0.25, -0.2) is 9.97 Å². The van der Waals surface area contributed by atoms with E-state index in [0.717, 1.165) is 44.3 Å². The molecule has 13 rings (SSSR count). The molecule has 0 N–H and O–H groups in total. The molecule has 0 spiro atoms. The quantitative estimate of drug-likeness (QED) is 0.178. The van der Waals surface area contributed by atoms with Gasteiger partial charge in [-0.3, -0.25) is 4.57 Å². The highest BCUT2D eigenvalue weighted by Crippen LogP contribution is 2.51. The lowest BCUT2D eigenvalue weighted by Gasteiger charge is -2.42. The van der Waals surface area contributed by atoms with E-state index in [2.05, 4.69) is 195 Å². The fourth-order valence-electron chi connectivity index (χ4n) is 10.7. The van der Waals surface area contributed by atoms with Crippen molar-refractivity contribution >= 4 is 96.8 Å². The highest BCUT2D eigenvalue weighted by molar-refractivity contribution is 7.26. The molecule has 4 heterocycles. The summed E-state index contributed by atoms with van der Waals surface area (Å²) in [5.74, 6) is 0.681. The minimum atomic E-state index is 0.0561. The van der Waals surface area contributed by atoms with Gasteiger partial charge >= 0.3 is 0 Å². The summed E-state index contributed by atoms with van der Waals surface area (Å²) in [5, 5.41) is 11.1. The van der Waals surface area contributed by atoms with Crippen molar-refractivity contribution in [3.63, 3.8) is 0 Å². The summed E-state index contributed by atoms with van der Waals surface area (Å²) in [7, 11) is 0. The molecule has 0 unspecified atom stereocenters. The summed E-state index contributed by atoms with van der Waals surface area (Å²) < 4.78 is 7.18. The van der Waals surface area contributed by atoms with Gasteiger partial charge in [0.2, 0.25) is 5.95 Å². The maximum atomic E-state index is 5.64. The Kier molecular flexibility index (Phi) is 7.10. The SMILES string of the molecule is CC1(C)CCC(C)(C)c2cc3c(cc21)c1c2c4c5ccccc5ccc4n(-c4nc(-c5ccc6ccccc6c5)c5sc6ccccc6c5n4)c2ccc1n3-c1ccccc1. The predicted octanol–water partition coefficient (Wildman–Crippen LogP) is 15.4. The van der Waals surface area contributed by atoms with Crippen LogP contribution in [0.15, 0.2) is 158 Å². The van der Waals surface area contributed by atoms with Crippen LogP contribution in [0.3, 0.4) is 0 Å². The van der Waals surface area contributed by atoms with Crippen LogP contribution in [-0.2, 0) is 10.8 Å². The van der Waals surface area contributed by atoms with E-state index in [1.807, 2.05) is 0 Å². The van der Waals surface area contributed by atoms with Gasteiger partial charge in [-0.1, -0.05) is 131 Å². The lowest BCUT2D eigenvalue weighted by atomic mass is 9.63. The topological polar surface area (TPSA) is 35.6 Å². The number of thiophene rings is 1. The second-order valence-corrected chi connectivity index (χ2v) is 19.5. The highest BCUT2D eigenvalue weighted by atomic mass is 32.1. The van der Waals surface area contributed by atoms with E-state index in [9.17, 15) is 0 Å². The fourth-order valence-corrected chi connectivity index (χ4v) is 11.9. The summed E-state index contributed by atoms with van der Waals surface area (Å²) in [4.78, 5) is 11.2. The molecule has 0 saturated heterocycles. The van der Waals surface area contributed by atoms with Crippen LogP contribution < -0.4 is 0 Å². The Labute approximate surface area is 357 Å². The molecule has 0 fully saturated rings. The van der Waals surface area contributed by atoms with Crippen molar-refractivity contribution in [2.24, 2.45) is 0 Å². The van der Waals surface area contributed by atoms with Gasteiger partial charge in [0.05, 0.1) is 38.0 Å². The summed E-state index contributed by atoms with van der Waals surface area (Å²) in [6.45, 7) is 9.74. The summed E-state index contributed by atoms with van der Waals surface area (Å²) in [5.41, 5.74) is 11.9. The van der Waals surface area contributed by atoms with Crippen molar-refractivity contribution in [2.45, 2.75) is 51.4 Å². The van der Waals surface area contributed by atoms with Crippen LogP contribution in [0.1, 0.15) is 51.7 Å². The third kappa shape index (κ3) is 4.92. The van der Waals surface area contributed by atoms with Crippen molar-refractivity contribution in [2.75, 3.05) is 0 Å². The second-order valence-electron chi connectivity index (χ2n) is 18.4. The van der Waals surface area contributed by atoms with Gasteiger partial charge in [-0.15, -0.1) is 11.3 Å². The molecule has 4 nitrogen and oxygen atoms in total. The molecule has 0 aliphatic heterocycles. The minimum Gasteiger partial charge on any atom is -0.309 e. The van der Waals surface area contributed by atoms with Crippen molar-refractivity contribution in [3.05, 3.63) is 169 Å². The number of para-hydroxylation sites is 1. The van der Waals surface area contributed by atoms with E-state index >= 15 is 0 Å². The van der Waals surface area contributed by atoms with E-state index < -0.39 is 0 Å². The standard InChI is InChI=1S/C56H42N4S/c1-55(2)28-29-56(3,4)42-32-46-40(31-41(42)55)49-43(59(46)37-17-6-5-7-18-37)26-27-45-50(49)48-38-19-11-10-15-34(38)24-25-44(48)60(45)54-57-51(36-23-22-33-14-8-9-16-35(33)30-36)53-52(58-54)39-20-12-13-21-47(39)61-53/h5-27,30-32H,28-29H2,1-4H3. The Bertz CT molecular complexity index is 3820. The van der Waals surface area contributed by atoms with E-state index in [1.165, 1.54) is 82.1 Å². The molecule has 0 amide bonds. The molecule has 8 aromatic carbocycles. The van der Waals surface area contributed by atoms with Crippen LogP contribution in [-0.4, -0.2) is 19.1 Å². The zero-order chi connectivity index (χ0) is 40.8. The van der Waals surface area contributed by atoms with Crippen LogP contribution in [0.25, 0.3) is 108 Å². The number of benzene rings is 8. The summed E-state index contributed by atoms with van der Waals surface area (Å²) in [6.07, 6.45) is 2.32. The fraction of sp³-hybridized carbons (Fsp3) is 0.143. The Morgan fingerprint density at radius 2 is 1.08 bits per heavy atom. The van der Waals surface area contributed by atoms with Gasteiger partial charge in [0.1, 0.15) is 0 Å². The molecule has 0 radical (unpaired) electrons. The maximum absolute atomic E-state index is 5.64. The van der Waals surface area contributed by atoms with Gasteiger partial charge in [0.15, 0.2) is 0 Å². The average Bonchev–Trinajstić information content (AvgIpc) is 3.95. The van der Waals surface area contributed by atoms with Crippen LogP contribution in [0, 0.1) is 0 Å². The average molecular weight is 803 g/mol. The second kappa shape index (κ2) is 12.4. The molecule has 0 saturated carbocycles. The Morgan fingerprint density at radius 1 is 0.475 bits per heavy atom. The highest BCUT2D eigenvalue weighted by Gasteiger charge is 2.38. The first-order chi connectivity index (χ1) is 29.7. The Morgan fingerprint density at radius 3 is 1.89 bits per heavy atom. The first kappa shape index (κ1) is 35.0. The molecule has 5 heteroatoms. The van der Waals surface area contributed by atoms with Crippen LogP contribution in [0.2, 0.25) is 0 Å². The molecule has 0 atom stereocenters. The van der Waals surface area contributed by atoms with Crippen LogP contribution >= 0.6 is 11.3 Å². The minimum absolute atomic E-state index is 0.0561. The zero-order valence-corrected chi connectivity index (χ0v) is 35.4. The molecular weight excluding hydrogens is 761 g/mol. The van der Waals surface area contributed by atoms with E-state index in [1.54, 1.807) is 11.3 Å². The third-order valence-corrected chi connectivity index (χ3v) is 15.1. The van der Waals surface area contributed by atoms with Gasteiger partial charge in [0.25, 0.3) is 0 Å². The number of aromatic nitrogens is 4. The Balaban J connectivity index is 1.22. The largest absolute Gasteiger partial charge is 0.309 e. The smallest absolute Gasteiger partial charge is 0.235 e. The van der Waals surface area contributed by atoms with Gasteiger partial charge < -0.3 is 4.57 Å². The van der Waals surface area contributed by atoms with Crippen molar-refractivity contribution < 1.29 is 0 Å². The zero-order valence-electron chi connectivity index (χ0n) is 34.6. The number of fused-ring (bicyclic) bond motifs is 14. The van der Waals surface area contributed by atoms with E-state index in [0.29, 0.717) is 5.95 Å². The van der Waals surface area contributed by atoms with Crippen molar-refractivity contribution in [3.8, 4) is 22.9 Å². The van der Waals surface area contributed by atoms with Gasteiger partial charge in [-0.05, 0) is 111 Å².